The molecule has 0 spiro atoms. The summed E-state index contributed by atoms with van der Waals surface area (Å²) in [6.45, 7) is -0.197. The molecule has 0 aliphatic carbocycles. The summed E-state index contributed by atoms with van der Waals surface area (Å²) in [7, 11) is -9.93. The fraction of sp³-hybridized carbons (Fsp3) is 0.385. The van der Waals surface area contributed by atoms with Gasteiger partial charge in [0.15, 0.2) is 11.7 Å². The average Bonchev–Trinajstić information content (AvgIpc) is 3.16. The second-order valence-corrected chi connectivity index (χ2v) is 10.8. The molecule has 35 heavy (non-hydrogen) atoms. The largest absolute Gasteiger partial charge is 0.389 e. The highest BCUT2D eigenvalue weighted by molar-refractivity contribution is 8.01. The van der Waals surface area contributed by atoms with Gasteiger partial charge in [0, 0.05) is 5.38 Å². The van der Waals surface area contributed by atoms with Crippen LogP contribution >= 0.6 is 34.7 Å². The van der Waals surface area contributed by atoms with E-state index in [2.05, 4.69) is 20.8 Å². The van der Waals surface area contributed by atoms with Gasteiger partial charge >= 0.3 is 20.6 Å². The molecule has 5 N–H and O–H groups in total. The fourth-order valence-corrected chi connectivity index (χ4v) is 5.75. The third-order valence-corrected chi connectivity index (χ3v) is 7.38. The van der Waals surface area contributed by atoms with Crippen LogP contribution in [0.2, 0.25) is 0 Å². The molecular weight excluding hydrogens is 580 g/mol. The van der Waals surface area contributed by atoms with E-state index in [4.69, 9.17) is 25.5 Å². The summed E-state index contributed by atoms with van der Waals surface area (Å²) in [6.07, 6.45) is 0.610. The Kier molecular flexibility index (Phi) is 9.76. The minimum atomic E-state index is -5.06. The van der Waals surface area contributed by atoms with Crippen LogP contribution in [0.15, 0.2) is 10.5 Å². The number of alkyl halides is 1. The number of β-lactam (4-membered cyclic amide) rings is 1. The molecular formula is C13H15ClN6O11S4. The van der Waals surface area contributed by atoms with Crippen LogP contribution in [0.4, 0.5) is 5.13 Å². The van der Waals surface area contributed by atoms with Crippen molar-refractivity contribution >= 4 is 90.3 Å². The van der Waals surface area contributed by atoms with Crippen molar-refractivity contribution in [3.05, 3.63) is 11.1 Å². The zero-order chi connectivity index (χ0) is 26.4. The molecule has 0 aromatic carbocycles. The quantitative estimate of drug-likeness (QED) is 0.0574. The first-order valence-corrected chi connectivity index (χ1v) is 14.0. The van der Waals surface area contributed by atoms with Gasteiger partial charge in [0.05, 0.1) is 11.4 Å². The van der Waals surface area contributed by atoms with Crippen LogP contribution in [0.3, 0.4) is 0 Å². The fourth-order valence-electron chi connectivity index (χ4n) is 2.28. The van der Waals surface area contributed by atoms with Gasteiger partial charge in [-0.15, -0.1) is 34.7 Å². The minimum absolute atomic E-state index is 0.0280. The number of nitrogens with zero attached hydrogens (tertiary/aromatic N) is 3. The summed E-state index contributed by atoms with van der Waals surface area (Å²) in [5, 5.41) is 8.15. The van der Waals surface area contributed by atoms with E-state index in [0.29, 0.717) is 23.7 Å². The lowest BCUT2D eigenvalue weighted by atomic mass is 10.1. The summed E-state index contributed by atoms with van der Waals surface area (Å²) in [4.78, 5) is 55.6. The molecule has 1 aliphatic heterocycles. The molecule has 2 atom stereocenters. The molecule has 0 saturated carbocycles. The number of hydrogen-bond donors (Lipinski definition) is 5. The van der Waals surface area contributed by atoms with E-state index >= 15 is 0 Å². The predicted molar refractivity (Wildman–Crippen MR) is 121 cm³/mol. The molecule has 1 saturated heterocycles. The number of carbonyl (C=O) groups is 4. The van der Waals surface area contributed by atoms with Crippen LogP contribution in [0.25, 0.3) is 0 Å². The first kappa shape index (κ1) is 28.7. The highest BCUT2D eigenvalue weighted by atomic mass is 35.5. The number of rotatable bonds is 12. The Morgan fingerprint density at radius 1 is 1.29 bits per heavy atom. The number of oxime groups is 1. The maximum Gasteiger partial charge on any atom is 0.363 e. The summed E-state index contributed by atoms with van der Waals surface area (Å²) in [5.74, 6) is -5.00. The van der Waals surface area contributed by atoms with Crippen molar-refractivity contribution < 1.29 is 50.0 Å². The maximum atomic E-state index is 12.0. The average molecular weight is 595 g/mol. The lowest BCUT2D eigenvalue weighted by Crippen LogP contribution is -2.70. The Bertz CT molecular complexity index is 1230. The molecule has 1 aromatic heterocycles. The van der Waals surface area contributed by atoms with Gasteiger partial charge in [-0.3, -0.25) is 28.3 Å². The van der Waals surface area contributed by atoms with E-state index in [1.54, 1.807) is 0 Å². The van der Waals surface area contributed by atoms with E-state index in [-0.39, 0.29) is 21.9 Å². The molecule has 2 rings (SSSR count). The number of anilines is 1. The molecule has 2 heterocycles. The molecule has 22 heteroatoms. The van der Waals surface area contributed by atoms with E-state index < -0.39 is 61.4 Å². The van der Waals surface area contributed by atoms with Crippen molar-refractivity contribution in [3.63, 3.8) is 0 Å². The lowest BCUT2D eigenvalue weighted by molar-refractivity contribution is -0.141. The van der Waals surface area contributed by atoms with Crippen LogP contribution in [-0.4, -0.2) is 88.1 Å². The minimum Gasteiger partial charge on any atom is -0.389 e. The molecule has 4 amide bonds. The third kappa shape index (κ3) is 8.87. The van der Waals surface area contributed by atoms with Crippen LogP contribution in [0.5, 0.6) is 0 Å². The molecule has 1 aromatic rings. The number of thiazole rings is 1. The van der Waals surface area contributed by atoms with Crippen molar-refractivity contribution in [2.75, 3.05) is 16.9 Å². The Hall–Kier alpha value is -2.56. The Morgan fingerprint density at radius 3 is 2.57 bits per heavy atom. The topological polar surface area (TPSA) is 251 Å². The van der Waals surface area contributed by atoms with Crippen LogP contribution in [0, 0.1) is 0 Å². The Morgan fingerprint density at radius 2 is 1.97 bits per heavy atom. The number of hydrogen-bond acceptors (Lipinski definition) is 13. The van der Waals surface area contributed by atoms with E-state index in [9.17, 15) is 36.0 Å². The van der Waals surface area contributed by atoms with Crippen LogP contribution in [0.1, 0.15) is 5.69 Å². The zero-order valence-corrected chi connectivity index (χ0v) is 20.9. The van der Waals surface area contributed by atoms with Crippen molar-refractivity contribution in [2.24, 2.45) is 5.16 Å². The van der Waals surface area contributed by atoms with Crippen molar-refractivity contribution in [1.29, 1.82) is 0 Å². The van der Waals surface area contributed by atoms with Gasteiger partial charge in [0.25, 0.3) is 11.8 Å². The van der Waals surface area contributed by atoms with Gasteiger partial charge in [-0.2, -0.15) is 21.1 Å². The molecule has 17 nitrogen and oxygen atoms in total. The number of thioether (sulfide) groups is 1. The smallest absolute Gasteiger partial charge is 0.363 e. The van der Waals surface area contributed by atoms with Crippen LogP contribution < -0.4 is 15.4 Å². The second kappa shape index (κ2) is 11.9. The van der Waals surface area contributed by atoms with E-state index in [1.807, 2.05) is 0 Å². The molecule has 0 bridgehead atoms. The normalized spacial score (nSPS) is 18.1. The SMILES string of the molecule is O=C(C=NOCc1csc(NC(=O)CCl)n1)N[C@@H]1C(=O)N(S(=O)(=O)O)[C@@H]1SCC(=O)NS(=O)(=O)O. The monoisotopic (exact) mass is 594 g/mol. The Labute approximate surface area is 210 Å². The second-order valence-electron chi connectivity index (χ2n) is 6.13. The zero-order valence-electron chi connectivity index (χ0n) is 16.9. The van der Waals surface area contributed by atoms with Gasteiger partial charge < -0.3 is 15.5 Å². The van der Waals surface area contributed by atoms with Crippen LogP contribution in [-0.2, 0) is 51.2 Å². The molecule has 1 fully saturated rings. The third-order valence-electron chi connectivity index (χ3n) is 3.55. The van der Waals surface area contributed by atoms with E-state index in [0.717, 1.165) is 11.3 Å². The summed E-state index contributed by atoms with van der Waals surface area (Å²) >= 11 is 6.82. The van der Waals surface area contributed by atoms with Crippen molar-refractivity contribution in [3.8, 4) is 0 Å². The first-order chi connectivity index (χ1) is 16.2. The summed E-state index contributed by atoms with van der Waals surface area (Å²) < 4.78 is 62.9. The van der Waals surface area contributed by atoms with Gasteiger partial charge in [0.2, 0.25) is 11.8 Å². The van der Waals surface area contributed by atoms with Gasteiger partial charge in [-0.25, -0.2) is 9.71 Å². The highest BCUT2D eigenvalue weighted by Crippen LogP contribution is 2.32. The molecule has 0 radical (unpaired) electrons. The van der Waals surface area contributed by atoms with Crippen molar-refractivity contribution in [1.82, 2.24) is 19.3 Å². The van der Waals surface area contributed by atoms with Gasteiger partial charge in [-0.05, 0) is 0 Å². The Balaban J connectivity index is 1.91. The summed E-state index contributed by atoms with van der Waals surface area (Å²) in [6, 6.07) is -1.54. The number of nitrogens with one attached hydrogen (secondary N) is 3. The standard InChI is InChI=1S/C13H15ClN6O11S4/c14-1-7(21)18-13-16-6(4-33-13)3-31-15-2-8(22)17-10-11(24)20(35(28,29)30)12(10)32-5-9(23)19-34(25,26)27/h2,4,10,12H,1,3,5H2,(H,17,22)(H,19,23)(H,16,18,21)(H,25,26,27)(H,28,29,30)/t10-,12-/m1/s1. The molecule has 194 valence electrons. The lowest BCUT2D eigenvalue weighted by Gasteiger charge is -2.43. The van der Waals surface area contributed by atoms with Gasteiger partial charge in [0.1, 0.15) is 23.5 Å². The van der Waals surface area contributed by atoms with Crippen molar-refractivity contribution in [2.45, 2.75) is 18.0 Å². The predicted octanol–water partition coefficient (Wildman–Crippen LogP) is -2.07. The number of carbonyl (C=O) groups excluding carboxylic acids is 4. The highest BCUT2D eigenvalue weighted by Gasteiger charge is 2.54. The van der Waals surface area contributed by atoms with Gasteiger partial charge in [-0.1, -0.05) is 5.16 Å². The number of halogens is 1. The summed E-state index contributed by atoms with van der Waals surface area (Å²) in [5.41, 5.74) is 0.357. The molecule has 1 aliphatic rings. The number of aromatic nitrogens is 1. The first-order valence-electron chi connectivity index (χ1n) is 8.67. The number of amides is 4. The maximum absolute atomic E-state index is 12.0. The molecule has 0 unspecified atom stereocenters. The van der Waals surface area contributed by atoms with E-state index in [1.165, 1.54) is 10.1 Å².